The molecule has 12 heteroatoms. The summed E-state index contributed by atoms with van der Waals surface area (Å²) in [6, 6.07) is 10.1. The molecule has 3 aromatic heterocycles. The van der Waals surface area contributed by atoms with Gasteiger partial charge in [-0.25, -0.2) is 13.8 Å². The van der Waals surface area contributed by atoms with E-state index in [1.807, 2.05) is 24.4 Å². The monoisotopic (exact) mass is 647 g/mol. The van der Waals surface area contributed by atoms with Crippen molar-refractivity contribution < 1.29 is 27.1 Å². The van der Waals surface area contributed by atoms with Crippen LogP contribution >= 0.6 is 11.3 Å². The fourth-order valence-electron chi connectivity index (χ4n) is 6.65. The number of thiophene rings is 1. The molecule has 7 rings (SSSR count). The molecule has 0 unspecified atom stereocenters. The molecule has 7 nitrogen and oxygen atoms in total. The molecule has 2 aromatic carbocycles. The number of halogens is 4. The number of ether oxygens (including phenoxy) is 1. The van der Waals surface area contributed by atoms with Gasteiger partial charge in [-0.2, -0.15) is 13.9 Å². The van der Waals surface area contributed by atoms with Crippen molar-refractivity contribution in [2.24, 2.45) is 0 Å². The van der Waals surface area contributed by atoms with E-state index in [1.165, 1.54) is 30.6 Å². The summed E-state index contributed by atoms with van der Waals surface area (Å²) in [6.45, 7) is 6.33. The molecular formula is C34H29F4N5O2S. The molecule has 0 spiro atoms. The molecule has 46 heavy (non-hydrogen) atoms. The van der Waals surface area contributed by atoms with E-state index in [2.05, 4.69) is 6.58 Å². The Labute approximate surface area is 266 Å². The van der Waals surface area contributed by atoms with Gasteiger partial charge in [-0.1, -0.05) is 18.7 Å². The summed E-state index contributed by atoms with van der Waals surface area (Å²) in [4.78, 5) is 20.9. The van der Waals surface area contributed by atoms with Gasteiger partial charge in [0, 0.05) is 52.0 Å². The number of amides is 1. The van der Waals surface area contributed by atoms with Crippen molar-refractivity contribution in [1.82, 2.24) is 24.6 Å². The van der Waals surface area contributed by atoms with E-state index in [0.717, 1.165) is 17.8 Å². The fourth-order valence-corrected chi connectivity index (χ4v) is 7.60. The van der Waals surface area contributed by atoms with Crippen LogP contribution in [0, 0.1) is 11.6 Å². The number of fused-ring (bicyclic) bond motifs is 3. The van der Waals surface area contributed by atoms with E-state index in [1.54, 1.807) is 33.7 Å². The van der Waals surface area contributed by atoms with E-state index in [0.29, 0.717) is 63.5 Å². The zero-order valence-electron chi connectivity index (χ0n) is 25.3. The van der Waals surface area contributed by atoms with Crippen LogP contribution in [0.2, 0.25) is 0 Å². The maximum absolute atomic E-state index is 15.8. The Balaban J connectivity index is 1.50. The third-order valence-electron chi connectivity index (χ3n) is 8.74. The lowest BCUT2D eigenvalue weighted by molar-refractivity contribution is -0.129. The Morgan fingerprint density at radius 1 is 1.11 bits per heavy atom. The average molecular weight is 648 g/mol. The third kappa shape index (κ3) is 4.78. The minimum absolute atomic E-state index is 0.0119. The number of carbonyl (C=O) groups excluding carboxylic acids is 1. The highest BCUT2D eigenvalue weighted by molar-refractivity contribution is 7.18. The molecule has 0 aliphatic carbocycles. The average Bonchev–Trinajstić information content (AvgIpc) is 3.68. The van der Waals surface area contributed by atoms with Gasteiger partial charge in [-0.3, -0.25) is 14.4 Å². The predicted molar refractivity (Wildman–Crippen MR) is 169 cm³/mol. The number of pyridine rings is 1. The van der Waals surface area contributed by atoms with Crippen LogP contribution in [-0.2, 0) is 23.8 Å². The number of methoxy groups -OCH3 is 1. The summed E-state index contributed by atoms with van der Waals surface area (Å²) in [7, 11) is 2.99. The molecule has 0 fully saturated rings. The van der Waals surface area contributed by atoms with Crippen molar-refractivity contribution in [2.75, 3.05) is 27.2 Å². The molecule has 1 atom stereocenters. The first-order chi connectivity index (χ1) is 22.0. The summed E-state index contributed by atoms with van der Waals surface area (Å²) >= 11 is 1.35. The second-order valence-electron chi connectivity index (χ2n) is 11.7. The number of benzene rings is 2. The van der Waals surface area contributed by atoms with Gasteiger partial charge in [0.1, 0.15) is 28.8 Å². The van der Waals surface area contributed by atoms with Crippen molar-refractivity contribution >= 4 is 27.3 Å². The second kappa shape index (κ2) is 11.1. The van der Waals surface area contributed by atoms with Crippen LogP contribution in [0.3, 0.4) is 0 Å². The van der Waals surface area contributed by atoms with Crippen molar-refractivity contribution in [2.45, 2.75) is 32.0 Å². The summed E-state index contributed by atoms with van der Waals surface area (Å²) < 4.78 is 67.9. The first-order valence-electron chi connectivity index (χ1n) is 14.7. The van der Waals surface area contributed by atoms with Gasteiger partial charge in [-0.05, 0) is 49.2 Å². The van der Waals surface area contributed by atoms with Crippen LogP contribution in [0.5, 0.6) is 5.75 Å². The molecule has 0 N–H and O–H groups in total. The second-order valence-corrected chi connectivity index (χ2v) is 12.6. The third-order valence-corrected chi connectivity index (χ3v) is 9.67. The minimum Gasteiger partial charge on any atom is -0.496 e. The standard InChI is InChI=1S/C34H29F4N5O2S/c1-5-28(44)42-9-10-43-26(18(42)2)15-25(40-43)32-30(29-24(36)13-21(35)14-27(29)45-4)33-22(8-11-46-33)31(39-32)19-6-7-23-20(12-19)16-41(3)17-34(23,37)38/h5-8,11-15,18H,1,9-10,16-17H2,2-4H3/t18-/m1/s1. The number of rotatable bonds is 5. The quantitative estimate of drug-likeness (QED) is 0.147. The van der Waals surface area contributed by atoms with E-state index >= 15 is 4.39 Å². The summed E-state index contributed by atoms with van der Waals surface area (Å²) in [5.74, 6) is -4.83. The van der Waals surface area contributed by atoms with Crippen molar-refractivity contribution in [3.63, 3.8) is 0 Å². The maximum atomic E-state index is 15.8. The minimum atomic E-state index is -3.00. The summed E-state index contributed by atoms with van der Waals surface area (Å²) in [5, 5.41) is 7.37. The van der Waals surface area contributed by atoms with Crippen LogP contribution in [0.4, 0.5) is 17.6 Å². The first kappa shape index (κ1) is 30.1. The smallest absolute Gasteiger partial charge is 0.285 e. The number of nitrogens with zero attached hydrogens (tertiary/aromatic N) is 5. The van der Waals surface area contributed by atoms with Gasteiger partial charge in [0.15, 0.2) is 0 Å². The Hall–Kier alpha value is -4.55. The van der Waals surface area contributed by atoms with Crippen molar-refractivity contribution in [3.05, 3.63) is 89.0 Å². The van der Waals surface area contributed by atoms with Crippen LogP contribution < -0.4 is 4.74 Å². The van der Waals surface area contributed by atoms with Gasteiger partial charge in [-0.15, -0.1) is 11.3 Å². The van der Waals surface area contributed by atoms with E-state index in [-0.39, 0.29) is 35.4 Å². The van der Waals surface area contributed by atoms with Gasteiger partial charge < -0.3 is 9.64 Å². The molecule has 0 saturated carbocycles. The molecule has 5 heterocycles. The molecule has 0 saturated heterocycles. The number of likely N-dealkylation sites (N-methyl/N-ethyl adjacent to an activating group) is 1. The molecule has 2 aliphatic rings. The maximum Gasteiger partial charge on any atom is 0.285 e. The van der Waals surface area contributed by atoms with Gasteiger partial charge in [0.25, 0.3) is 5.92 Å². The zero-order valence-corrected chi connectivity index (χ0v) is 26.1. The van der Waals surface area contributed by atoms with Crippen molar-refractivity contribution in [3.8, 4) is 39.5 Å². The Kier molecular flexibility index (Phi) is 7.24. The van der Waals surface area contributed by atoms with Crippen LogP contribution in [0.15, 0.2) is 60.5 Å². The Morgan fingerprint density at radius 3 is 2.67 bits per heavy atom. The van der Waals surface area contributed by atoms with Gasteiger partial charge >= 0.3 is 0 Å². The zero-order chi connectivity index (χ0) is 32.5. The molecule has 236 valence electrons. The fraction of sp³-hybridized carbons (Fsp3) is 0.265. The highest BCUT2D eigenvalue weighted by Crippen LogP contribution is 2.48. The lowest BCUT2D eigenvalue weighted by Gasteiger charge is -2.33. The molecule has 0 radical (unpaired) electrons. The van der Waals surface area contributed by atoms with E-state index < -0.39 is 17.6 Å². The molecule has 2 aliphatic heterocycles. The number of alkyl halides is 2. The van der Waals surface area contributed by atoms with Crippen LogP contribution in [0.1, 0.15) is 29.8 Å². The predicted octanol–water partition coefficient (Wildman–Crippen LogP) is 7.41. The number of carbonyl (C=O) groups is 1. The number of aromatic nitrogens is 3. The highest BCUT2D eigenvalue weighted by Gasteiger charge is 2.39. The highest BCUT2D eigenvalue weighted by atomic mass is 32.1. The van der Waals surface area contributed by atoms with E-state index in [4.69, 9.17) is 14.8 Å². The van der Waals surface area contributed by atoms with Crippen LogP contribution in [0.25, 0.3) is 43.9 Å². The number of hydrogen-bond donors (Lipinski definition) is 0. The normalized spacial score (nSPS) is 17.5. The topological polar surface area (TPSA) is 63.5 Å². The number of hydrogen-bond acceptors (Lipinski definition) is 6. The first-order valence-corrected chi connectivity index (χ1v) is 15.5. The Bertz CT molecular complexity index is 2060. The van der Waals surface area contributed by atoms with Gasteiger partial charge in [0.05, 0.1) is 43.2 Å². The summed E-state index contributed by atoms with van der Waals surface area (Å²) in [6.07, 6.45) is 1.27. The lowest BCUT2D eigenvalue weighted by atomic mass is 9.92. The Morgan fingerprint density at radius 2 is 1.91 bits per heavy atom. The lowest BCUT2D eigenvalue weighted by Crippen LogP contribution is -2.40. The molecule has 0 bridgehead atoms. The van der Waals surface area contributed by atoms with Crippen molar-refractivity contribution in [1.29, 1.82) is 0 Å². The molecular weight excluding hydrogens is 618 g/mol. The summed E-state index contributed by atoms with van der Waals surface area (Å²) in [5.41, 5.74) is 3.49. The van der Waals surface area contributed by atoms with Gasteiger partial charge in [0.2, 0.25) is 5.91 Å². The SMILES string of the molecule is C=CC(=O)N1CCn2nc(-c3nc(-c4ccc5c(c4)CN(C)CC5(F)F)c4ccsc4c3-c3c(F)cc(F)cc3OC)cc2[C@H]1C. The molecule has 1 amide bonds. The van der Waals surface area contributed by atoms with E-state index in [9.17, 15) is 18.0 Å². The van der Waals surface area contributed by atoms with Crippen LogP contribution in [-0.4, -0.2) is 57.7 Å². The largest absolute Gasteiger partial charge is 0.496 e. The molecule has 5 aromatic rings.